The standard InChI is InChI=1S/C14H18ClNO/c15-11-5-1-2-6-12(11)16-9-10-17-14-8-4-3-7-13(14)16/h1-2,5-6,13-14H,3-4,7-10H2/t13-,14-/m1/s1. The van der Waals surface area contributed by atoms with E-state index in [1.54, 1.807) is 0 Å². The Hall–Kier alpha value is -0.730. The number of hydrogen-bond acceptors (Lipinski definition) is 2. The van der Waals surface area contributed by atoms with Crippen LogP contribution in [-0.2, 0) is 4.74 Å². The SMILES string of the molecule is Clc1ccccc1N1CCO[C@@H]2CCCC[C@H]21. The van der Waals surface area contributed by atoms with E-state index in [1.165, 1.54) is 31.4 Å². The Morgan fingerprint density at radius 2 is 2.00 bits per heavy atom. The van der Waals surface area contributed by atoms with Gasteiger partial charge in [-0.3, -0.25) is 0 Å². The molecular formula is C14H18ClNO. The molecule has 3 heteroatoms. The molecule has 92 valence electrons. The summed E-state index contributed by atoms with van der Waals surface area (Å²) < 4.78 is 5.89. The third kappa shape index (κ3) is 2.16. The van der Waals surface area contributed by atoms with Crippen molar-refractivity contribution in [2.45, 2.75) is 37.8 Å². The van der Waals surface area contributed by atoms with E-state index in [0.29, 0.717) is 12.1 Å². The number of para-hydroxylation sites is 1. The fourth-order valence-corrected chi connectivity index (χ4v) is 3.32. The second kappa shape index (κ2) is 4.87. The molecule has 2 nitrogen and oxygen atoms in total. The molecule has 0 bridgehead atoms. The highest BCUT2D eigenvalue weighted by Gasteiger charge is 2.34. The minimum atomic E-state index is 0.411. The number of halogens is 1. The molecule has 1 saturated carbocycles. The molecule has 1 aromatic rings. The number of ether oxygens (including phenoxy) is 1. The van der Waals surface area contributed by atoms with Gasteiger partial charge < -0.3 is 9.64 Å². The summed E-state index contributed by atoms with van der Waals surface area (Å²) in [5, 5.41) is 0.860. The first-order chi connectivity index (χ1) is 8.36. The van der Waals surface area contributed by atoms with Crippen molar-refractivity contribution in [3.05, 3.63) is 29.3 Å². The molecule has 3 rings (SSSR count). The lowest BCUT2D eigenvalue weighted by atomic mass is 9.90. The van der Waals surface area contributed by atoms with Crippen molar-refractivity contribution in [2.75, 3.05) is 18.1 Å². The van der Waals surface area contributed by atoms with Crippen molar-refractivity contribution in [3.63, 3.8) is 0 Å². The smallest absolute Gasteiger partial charge is 0.0779 e. The molecule has 0 spiro atoms. The number of rotatable bonds is 1. The quantitative estimate of drug-likeness (QED) is 0.758. The molecule has 1 heterocycles. The average molecular weight is 252 g/mol. The van der Waals surface area contributed by atoms with Gasteiger partial charge in [0.25, 0.3) is 0 Å². The second-order valence-corrected chi connectivity index (χ2v) is 5.31. The van der Waals surface area contributed by atoms with Crippen molar-refractivity contribution < 1.29 is 4.74 Å². The molecule has 1 aliphatic carbocycles. The van der Waals surface area contributed by atoms with Crippen LogP contribution in [0.2, 0.25) is 5.02 Å². The summed E-state index contributed by atoms with van der Waals surface area (Å²) in [4.78, 5) is 2.45. The molecule has 0 aromatic heterocycles. The summed E-state index contributed by atoms with van der Waals surface area (Å²) in [6, 6.07) is 8.68. The van der Waals surface area contributed by atoms with Crippen LogP contribution in [-0.4, -0.2) is 25.3 Å². The van der Waals surface area contributed by atoms with Gasteiger partial charge in [0.05, 0.1) is 29.5 Å². The lowest BCUT2D eigenvalue weighted by Crippen LogP contribution is -2.52. The monoisotopic (exact) mass is 251 g/mol. The van der Waals surface area contributed by atoms with Crippen LogP contribution in [0.25, 0.3) is 0 Å². The summed E-state index contributed by atoms with van der Waals surface area (Å²) in [5.41, 5.74) is 1.18. The fraction of sp³-hybridized carbons (Fsp3) is 0.571. The molecule has 1 aliphatic heterocycles. The van der Waals surface area contributed by atoms with Gasteiger partial charge in [-0.05, 0) is 25.0 Å². The van der Waals surface area contributed by atoms with Crippen LogP contribution in [0.1, 0.15) is 25.7 Å². The summed E-state index contributed by atoms with van der Waals surface area (Å²) in [6.07, 6.45) is 5.46. The van der Waals surface area contributed by atoms with Gasteiger partial charge in [0.15, 0.2) is 0 Å². The summed E-state index contributed by atoms with van der Waals surface area (Å²) in [6.45, 7) is 1.79. The zero-order valence-electron chi connectivity index (χ0n) is 9.94. The molecule has 17 heavy (non-hydrogen) atoms. The van der Waals surface area contributed by atoms with Gasteiger partial charge in [-0.25, -0.2) is 0 Å². The Bertz CT molecular complexity index is 394. The normalized spacial score (nSPS) is 28.9. The van der Waals surface area contributed by atoms with Gasteiger partial charge >= 0.3 is 0 Å². The first-order valence-corrected chi connectivity index (χ1v) is 6.87. The molecule has 1 saturated heterocycles. The van der Waals surface area contributed by atoms with Gasteiger partial charge in [-0.1, -0.05) is 36.6 Å². The van der Waals surface area contributed by atoms with Crippen LogP contribution < -0.4 is 4.90 Å². The van der Waals surface area contributed by atoms with E-state index in [-0.39, 0.29) is 0 Å². The Morgan fingerprint density at radius 3 is 2.88 bits per heavy atom. The average Bonchev–Trinajstić information content (AvgIpc) is 2.39. The number of nitrogens with zero attached hydrogens (tertiary/aromatic N) is 1. The van der Waals surface area contributed by atoms with Gasteiger partial charge in [-0.2, -0.15) is 0 Å². The molecule has 2 fully saturated rings. The van der Waals surface area contributed by atoms with Gasteiger partial charge in [0.2, 0.25) is 0 Å². The van der Waals surface area contributed by atoms with Gasteiger partial charge in [0, 0.05) is 6.54 Å². The highest BCUT2D eigenvalue weighted by atomic mass is 35.5. The fourth-order valence-electron chi connectivity index (χ4n) is 3.08. The Labute approximate surface area is 108 Å². The highest BCUT2D eigenvalue weighted by Crippen LogP contribution is 2.35. The maximum absolute atomic E-state index is 6.31. The Balaban J connectivity index is 1.88. The first kappa shape index (κ1) is 11.4. The highest BCUT2D eigenvalue weighted by molar-refractivity contribution is 6.33. The molecule has 0 unspecified atom stereocenters. The molecule has 0 radical (unpaired) electrons. The van der Waals surface area contributed by atoms with E-state index >= 15 is 0 Å². The van der Waals surface area contributed by atoms with E-state index in [4.69, 9.17) is 16.3 Å². The second-order valence-electron chi connectivity index (χ2n) is 4.91. The minimum absolute atomic E-state index is 0.411. The topological polar surface area (TPSA) is 12.5 Å². The Morgan fingerprint density at radius 1 is 1.18 bits per heavy atom. The van der Waals surface area contributed by atoms with Crippen LogP contribution in [0.3, 0.4) is 0 Å². The van der Waals surface area contributed by atoms with E-state index < -0.39 is 0 Å². The van der Waals surface area contributed by atoms with Crippen molar-refractivity contribution >= 4 is 17.3 Å². The zero-order valence-corrected chi connectivity index (χ0v) is 10.7. The third-order valence-electron chi connectivity index (χ3n) is 3.89. The number of anilines is 1. The van der Waals surface area contributed by atoms with Crippen LogP contribution in [0.5, 0.6) is 0 Å². The lowest BCUT2D eigenvalue weighted by Gasteiger charge is -2.45. The minimum Gasteiger partial charge on any atom is -0.374 e. The number of hydrogen-bond donors (Lipinski definition) is 0. The number of fused-ring (bicyclic) bond motifs is 1. The number of morpholine rings is 1. The largest absolute Gasteiger partial charge is 0.374 e. The predicted molar refractivity (Wildman–Crippen MR) is 70.8 cm³/mol. The van der Waals surface area contributed by atoms with Crippen molar-refractivity contribution in [3.8, 4) is 0 Å². The van der Waals surface area contributed by atoms with E-state index in [1.807, 2.05) is 12.1 Å². The van der Waals surface area contributed by atoms with Gasteiger partial charge in [0.1, 0.15) is 0 Å². The van der Waals surface area contributed by atoms with E-state index in [9.17, 15) is 0 Å². The maximum Gasteiger partial charge on any atom is 0.0779 e. The zero-order chi connectivity index (χ0) is 11.7. The first-order valence-electron chi connectivity index (χ1n) is 6.49. The van der Waals surface area contributed by atoms with Crippen molar-refractivity contribution in [1.82, 2.24) is 0 Å². The van der Waals surface area contributed by atoms with Crippen LogP contribution in [0, 0.1) is 0 Å². The van der Waals surface area contributed by atoms with Gasteiger partial charge in [-0.15, -0.1) is 0 Å². The van der Waals surface area contributed by atoms with Crippen LogP contribution >= 0.6 is 11.6 Å². The van der Waals surface area contributed by atoms with Crippen LogP contribution in [0.15, 0.2) is 24.3 Å². The van der Waals surface area contributed by atoms with Crippen LogP contribution in [0.4, 0.5) is 5.69 Å². The molecule has 0 N–H and O–H groups in total. The molecule has 0 amide bonds. The molecule has 2 aliphatic rings. The molecule has 2 atom stereocenters. The van der Waals surface area contributed by atoms with E-state index in [2.05, 4.69) is 17.0 Å². The van der Waals surface area contributed by atoms with Crippen molar-refractivity contribution in [2.24, 2.45) is 0 Å². The maximum atomic E-state index is 6.31. The number of benzene rings is 1. The third-order valence-corrected chi connectivity index (χ3v) is 4.21. The summed E-state index contributed by atoms with van der Waals surface area (Å²) in [7, 11) is 0. The van der Waals surface area contributed by atoms with E-state index in [0.717, 1.165) is 18.2 Å². The molecule has 1 aromatic carbocycles. The predicted octanol–water partition coefficient (Wildman–Crippen LogP) is 3.49. The summed E-state index contributed by atoms with van der Waals surface area (Å²) >= 11 is 6.31. The Kier molecular flexibility index (Phi) is 3.26. The lowest BCUT2D eigenvalue weighted by molar-refractivity contribution is -0.00866. The van der Waals surface area contributed by atoms with Crippen molar-refractivity contribution in [1.29, 1.82) is 0 Å². The molecular weight excluding hydrogens is 234 g/mol. The summed E-state index contributed by atoms with van der Waals surface area (Å²) in [5.74, 6) is 0.